The van der Waals surface area contributed by atoms with Gasteiger partial charge in [-0.3, -0.25) is 14.6 Å². The van der Waals surface area contributed by atoms with E-state index in [4.69, 9.17) is 19.9 Å². The standard InChI is InChI=1S/C24H39F3N6O7/c25-24(26,27)18-12-29-13-19(33-18)32-16-14-40-17(23(37)22(16)36)15-39-9-2-1-4-20(34)30-7-3-8-31-21(35)5-10-38-11-6-28/h12-13,16-17,22-23,36-37H,1-11,14-15,28H2,(H,30,34)(H,31,35)(H,32,33)/t16-,17+,22+,23-/m0/s1. The number of aliphatic hydroxyl groups excluding tert-OH is 2. The first-order chi connectivity index (χ1) is 19.1. The molecule has 7 N–H and O–H groups in total. The van der Waals surface area contributed by atoms with Crippen molar-refractivity contribution in [2.75, 3.05) is 58.0 Å². The van der Waals surface area contributed by atoms with Crippen LogP contribution >= 0.6 is 0 Å². The molecule has 1 saturated heterocycles. The molecule has 0 bridgehead atoms. The van der Waals surface area contributed by atoms with Crippen molar-refractivity contribution in [2.45, 2.75) is 62.6 Å². The largest absolute Gasteiger partial charge is 0.434 e. The zero-order chi connectivity index (χ0) is 29.4. The highest BCUT2D eigenvalue weighted by molar-refractivity contribution is 5.76. The SMILES string of the molecule is NCCOCCC(=O)NCCCNC(=O)CCCCOC[C@H]1OC[C@H](Nc2cncc(C(F)(F)F)n2)[C@@H](O)[C@H]1O. The summed E-state index contributed by atoms with van der Waals surface area (Å²) in [4.78, 5) is 30.4. The minimum Gasteiger partial charge on any atom is -0.388 e. The van der Waals surface area contributed by atoms with Gasteiger partial charge in [-0.25, -0.2) is 4.98 Å². The van der Waals surface area contributed by atoms with Crippen LogP contribution in [-0.2, 0) is 30.0 Å². The van der Waals surface area contributed by atoms with E-state index >= 15 is 0 Å². The maximum absolute atomic E-state index is 12.8. The summed E-state index contributed by atoms with van der Waals surface area (Å²) in [6.07, 6.45) is -4.19. The molecule has 228 valence electrons. The van der Waals surface area contributed by atoms with Gasteiger partial charge in [0.1, 0.15) is 24.1 Å². The van der Waals surface area contributed by atoms with Crippen LogP contribution in [0.3, 0.4) is 0 Å². The third-order valence-electron chi connectivity index (χ3n) is 5.85. The number of carbonyl (C=O) groups excluding carboxylic acids is 2. The fourth-order valence-electron chi connectivity index (χ4n) is 3.68. The Morgan fingerprint density at radius 2 is 1.73 bits per heavy atom. The van der Waals surface area contributed by atoms with Gasteiger partial charge in [-0.05, 0) is 19.3 Å². The second kappa shape index (κ2) is 17.9. The number of nitrogens with one attached hydrogen (secondary N) is 3. The number of hydrogen-bond donors (Lipinski definition) is 6. The molecule has 1 aromatic rings. The van der Waals surface area contributed by atoms with Crippen LogP contribution in [0, 0.1) is 0 Å². The van der Waals surface area contributed by atoms with E-state index in [0.29, 0.717) is 71.3 Å². The summed E-state index contributed by atoms with van der Waals surface area (Å²) >= 11 is 0. The van der Waals surface area contributed by atoms with Gasteiger partial charge in [0.05, 0.1) is 44.9 Å². The van der Waals surface area contributed by atoms with Gasteiger partial charge in [-0.1, -0.05) is 0 Å². The molecule has 0 saturated carbocycles. The van der Waals surface area contributed by atoms with Crippen molar-refractivity contribution in [1.82, 2.24) is 20.6 Å². The lowest BCUT2D eigenvalue weighted by molar-refractivity contribution is -0.159. The van der Waals surface area contributed by atoms with Gasteiger partial charge < -0.3 is 46.1 Å². The van der Waals surface area contributed by atoms with E-state index in [0.717, 1.165) is 6.20 Å². The van der Waals surface area contributed by atoms with Crippen molar-refractivity contribution in [2.24, 2.45) is 5.73 Å². The quantitative estimate of drug-likeness (QED) is 0.124. The third-order valence-corrected chi connectivity index (χ3v) is 5.85. The summed E-state index contributed by atoms with van der Waals surface area (Å²) in [6.45, 7) is 2.23. The predicted molar refractivity (Wildman–Crippen MR) is 136 cm³/mol. The molecule has 0 aromatic carbocycles. The number of anilines is 1. The Balaban J connectivity index is 1.52. The van der Waals surface area contributed by atoms with E-state index in [1.54, 1.807) is 0 Å². The molecule has 1 aromatic heterocycles. The van der Waals surface area contributed by atoms with Gasteiger partial charge in [0, 0.05) is 39.1 Å². The average molecular weight is 581 g/mol. The number of nitrogens with zero attached hydrogens (tertiary/aromatic N) is 2. The Kier molecular flexibility index (Phi) is 15.1. The van der Waals surface area contributed by atoms with Crippen molar-refractivity contribution in [3.05, 3.63) is 18.1 Å². The number of aliphatic hydroxyl groups is 2. The van der Waals surface area contributed by atoms with Crippen molar-refractivity contribution >= 4 is 17.6 Å². The van der Waals surface area contributed by atoms with Crippen molar-refractivity contribution < 1.29 is 47.2 Å². The first kappa shape index (κ1) is 33.6. The molecule has 40 heavy (non-hydrogen) atoms. The van der Waals surface area contributed by atoms with Gasteiger partial charge in [0.25, 0.3) is 0 Å². The van der Waals surface area contributed by atoms with Crippen LogP contribution < -0.4 is 21.7 Å². The second-order valence-electron chi connectivity index (χ2n) is 9.13. The zero-order valence-corrected chi connectivity index (χ0v) is 22.2. The van der Waals surface area contributed by atoms with Crippen LogP contribution in [-0.4, -0.2) is 109 Å². The third kappa shape index (κ3) is 12.7. The van der Waals surface area contributed by atoms with Crippen LogP contribution in [0.5, 0.6) is 0 Å². The Bertz CT molecular complexity index is 899. The number of rotatable bonds is 18. The molecule has 1 aliphatic heterocycles. The van der Waals surface area contributed by atoms with E-state index in [1.165, 1.54) is 0 Å². The average Bonchev–Trinajstić information content (AvgIpc) is 2.92. The van der Waals surface area contributed by atoms with Crippen molar-refractivity contribution in [3.8, 4) is 0 Å². The van der Waals surface area contributed by atoms with E-state index in [2.05, 4.69) is 25.9 Å². The highest BCUT2D eigenvalue weighted by Gasteiger charge is 2.39. The molecule has 0 radical (unpaired) electrons. The van der Waals surface area contributed by atoms with Crippen LogP contribution in [0.2, 0.25) is 0 Å². The number of nitrogens with two attached hydrogens (primary N) is 1. The summed E-state index contributed by atoms with van der Waals surface area (Å²) in [5.74, 6) is -0.439. The van der Waals surface area contributed by atoms with E-state index in [1.807, 2.05) is 0 Å². The fourth-order valence-corrected chi connectivity index (χ4v) is 3.68. The second-order valence-corrected chi connectivity index (χ2v) is 9.13. The molecule has 2 heterocycles. The van der Waals surface area contributed by atoms with Gasteiger partial charge in [-0.2, -0.15) is 13.2 Å². The smallest absolute Gasteiger partial charge is 0.388 e. The normalized spacial score (nSPS) is 21.1. The molecule has 4 atom stereocenters. The Hall–Kier alpha value is -2.63. The molecule has 1 aliphatic rings. The molecular weight excluding hydrogens is 541 g/mol. The lowest BCUT2D eigenvalue weighted by atomic mass is 9.98. The van der Waals surface area contributed by atoms with Gasteiger partial charge in [-0.15, -0.1) is 0 Å². The topological polar surface area (TPSA) is 190 Å². The van der Waals surface area contributed by atoms with E-state index in [9.17, 15) is 33.0 Å². The van der Waals surface area contributed by atoms with Crippen LogP contribution in [0.15, 0.2) is 12.4 Å². The molecular formula is C24H39F3N6O7. The molecule has 0 spiro atoms. The zero-order valence-electron chi connectivity index (χ0n) is 22.2. The van der Waals surface area contributed by atoms with Crippen molar-refractivity contribution in [1.29, 1.82) is 0 Å². The highest BCUT2D eigenvalue weighted by Crippen LogP contribution is 2.28. The molecule has 0 aliphatic carbocycles. The minimum atomic E-state index is -4.67. The minimum absolute atomic E-state index is 0.00856. The molecule has 0 unspecified atom stereocenters. The predicted octanol–water partition coefficient (Wildman–Crippen LogP) is -0.429. The van der Waals surface area contributed by atoms with E-state index in [-0.39, 0.29) is 37.3 Å². The van der Waals surface area contributed by atoms with E-state index < -0.39 is 36.2 Å². The number of unbranched alkanes of at least 4 members (excludes halogenated alkanes) is 1. The number of alkyl halides is 3. The van der Waals surface area contributed by atoms with Gasteiger partial charge >= 0.3 is 6.18 Å². The van der Waals surface area contributed by atoms with Crippen molar-refractivity contribution in [3.63, 3.8) is 0 Å². The van der Waals surface area contributed by atoms with Gasteiger partial charge in [0.15, 0.2) is 5.69 Å². The number of halogens is 3. The maximum atomic E-state index is 12.8. The summed E-state index contributed by atoms with van der Waals surface area (Å²) in [5, 5.41) is 28.9. The summed E-state index contributed by atoms with van der Waals surface area (Å²) < 4.78 is 54.6. The molecule has 2 amide bonds. The number of amides is 2. The maximum Gasteiger partial charge on any atom is 0.434 e. The van der Waals surface area contributed by atoms with Crippen LogP contribution in [0.4, 0.5) is 19.0 Å². The molecule has 16 heteroatoms. The number of ether oxygens (including phenoxy) is 3. The Morgan fingerprint density at radius 3 is 2.42 bits per heavy atom. The summed E-state index contributed by atoms with van der Waals surface area (Å²) in [6, 6.07) is -0.903. The molecule has 2 rings (SSSR count). The van der Waals surface area contributed by atoms with Crippen LogP contribution in [0.1, 0.15) is 37.8 Å². The number of carbonyl (C=O) groups is 2. The number of aromatic nitrogens is 2. The lowest BCUT2D eigenvalue weighted by Gasteiger charge is -2.38. The highest BCUT2D eigenvalue weighted by atomic mass is 19.4. The lowest BCUT2D eigenvalue weighted by Crippen LogP contribution is -2.57. The van der Waals surface area contributed by atoms with Gasteiger partial charge in [0.2, 0.25) is 11.8 Å². The Labute approximate surface area is 230 Å². The monoisotopic (exact) mass is 580 g/mol. The molecule has 1 fully saturated rings. The Morgan fingerprint density at radius 1 is 1.00 bits per heavy atom. The first-order valence-corrected chi connectivity index (χ1v) is 13.1. The van der Waals surface area contributed by atoms with Crippen LogP contribution in [0.25, 0.3) is 0 Å². The summed E-state index contributed by atoms with van der Waals surface area (Å²) in [7, 11) is 0. The summed E-state index contributed by atoms with van der Waals surface area (Å²) in [5.41, 5.74) is 4.11. The number of hydrogen-bond acceptors (Lipinski definition) is 11. The fraction of sp³-hybridized carbons (Fsp3) is 0.750. The first-order valence-electron chi connectivity index (χ1n) is 13.1. The molecule has 13 nitrogen and oxygen atoms in total.